The van der Waals surface area contributed by atoms with E-state index in [4.69, 9.17) is 4.74 Å². The molecule has 1 heterocycles. The molecule has 0 saturated carbocycles. The van der Waals surface area contributed by atoms with E-state index >= 15 is 0 Å². The molecule has 0 aliphatic carbocycles. The maximum atomic E-state index is 5.79. The Morgan fingerprint density at radius 1 is 1.17 bits per heavy atom. The Morgan fingerprint density at radius 2 is 2.06 bits per heavy atom. The summed E-state index contributed by atoms with van der Waals surface area (Å²) in [5, 5.41) is 1.04. The van der Waals surface area contributed by atoms with Crippen LogP contribution in [0.1, 0.15) is 11.1 Å². The van der Waals surface area contributed by atoms with Crippen LogP contribution in [0.25, 0.3) is 0 Å². The van der Waals surface area contributed by atoms with Crippen LogP contribution in [-0.2, 0) is 0 Å². The Kier molecular flexibility index (Phi) is 4.65. The average molecular weight is 259 g/mol. The van der Waals surface area contributed by atoms with Crippen LogP contribution >= 0.6 is 11.8 Å². The van der Waals surface area contributed by atoms with E-state index in [1.54, 1.807) is 11.8 Å². The molecule has 0 N–H and O–H groups in total. The number of rotatable bonds is 5. The van der Waals surface area contributed by atoms with Crippen molar-refractivity contribution in [2.24, 2.45) is 0 Å². The fourth-order valence-electron chi connectivity index (χ4n) is 1.59. The Bertz CT molecular complexity index is 499. The van der Waals surface area contributed by atoms with E-state index < -0.39 is 0 Å². The van der Waals surface area contributed by atoms with E-state index in [1.807, 2.05) is 24.4 Å². The molecule has 0 spiro atoms. The average Bonchev–Trinajstić information content (AvgIpc) is 2.40. The van der Waals surface area contributed by atoms with E-state index in [-0.39, 0.29) is 0 Å². The largest absolute Gasteiger partial charge is 0.492 e. The van der Waals surface area contributed by atoms with Gasteiger partial charge in [-0.15, -0.1) is 11.8 Å². The SMILES string of the molecule is Cc1ccc(C)c(OCCSc2ccccn2)c1. The maximum absolute atomic E-state index is 5.79. The van der Waals surface area contributed by atoms with Gasteiger partial charge in [0.25, 0.3) is 0 Å². The molecule has 0 fully saturated rings. The predicted octanol–water partition coefficient (Wildman–Crippen LogP) is 3.87. The third kappa shape index (κ3) is 3.77. The molecule has 0 aliphatic heterocycles. The molecular formula is C15H17NOS. The molecule has 2 nitrogen and oxygen atoms in total. The van der Waals surface area contributed by atoms with E-state index in [9.17, 15) is 0 Å². The van der Waals surface area contributed by atoms with Gasteiger partial charge in [0.05, 0.1) is 11.6 Å². The van der Waals surface area contributed by atoms with Gasteiger partial charge in [0.1, 0.15) is 5.75 Å². The number of aromatic nitrogens is 1. The van der Waals surface area contributed by atoms with Gasteiger partial charge in [-0.2, -0.15) is 0 Å². The van der Waals surface area contributed by atoms with Crippen molar-refractivity contribution < 1.29 is 4.74 Å². The number of thioether (sulfide) groups is 1. The molecule has 0 radical (unpaired) electrons. The summed E-state index contributed by atoms with van der Waals surface area (Å²) < 4.78 is 5.79. The minimum atomic E-state index is 0.700. The number of hydrogen-bond donors (Lipinski definition) is 0. The normalized spacial score (nSPS) is 10.3. The summed E-state index contributed by atoms with van der Waals surface area (Å²) in [6.45, 7) is 4.85. The summed E-state index contributed by atoms with van der Waals surface area (Å²) in [5.74, 6) is 1.89. The summed E-state index contributed by atoms with van der Waals surface area (Å²) in [6.07, 6.45) is 1.81. The second-order valence-corrected chi connectivity index (χ2v) is 5.25. The van der Waals surface area contributed by atoms with Crippen molar-refractivity contribution >= 4 is 11.8 Å². The van der Waals surface area contributed by atoms with Gasteiger partial charge in [-0.1, -0.05) is 18.2 Å². The Hall–Kier alpha value is -1.48. The van der Waals surface area contributed by atoms with E-state index in [0.29, 0.717) is 6.61 Å². The van der Waals surface area contributed by atoms with E-state index in [0.717, 1.165) is 16.5 Å². The van der Waals surface area contributed by atoms with Gasteiger partial charge < -0.3 is 4.74 Å². The van der Waals surface area contributed by atoms with Gasteiger partial charge in [0.2, 0.25) is 0 Å². The predicted molar refractivity (Wildman–Crippen MR) is 76.4 cm³/mol. The molecule has 0 atom stereocenters. The molecule has 2 rings (SSSR count). The first-order chi connectivity index (χ1) is 8.75. The molecule has 0 aliphatic rings. The molecule has 0 bridgehead atoms. The highest BCUT2D eigenvalue weighted by atomic mass is 32.2. The van der Waals surface area contributed by atoms with Gasteiger partial charge in [-0.3, -0.25) is 0 Å². The van der Waals surface area contributed by atoms with Crippen LogP contribution in [0.4, 0.5) is 0 Å². The molecule has 2 aromatic rings. The van der Waals surface area contributed by atoms with E-state index in [1.165, 1.54) is 11.1 Å². The number of pyridine rings is 1. The first-order valence-electron chi connectivity index (χ1n) is 5.99. The summed E-state index contributed by atoms with van der Waals surface area (Å²) in [4.78, 5) is 4.26. The number of nitrogens with zero attached hydrogens (tertiary/aromatic N) is 1. The summed E-state index contributed by atoms with van der Waals surface area (Å²) in [7, 11) is 0. The smallest absolute Gasteiger partial charge is 0.122 e. The summed E-state index contributed by atoms with van der Waals surface area (Å²) in [6, 6.07) is 12.2. The Labute approximate surface area is 112 Å². The minimum absolute atomic E-state index is 0.700. The fourth-order valence-corrected chi connectivity index (χ4v) is 2.28. The van der Waals surface area contributed by atoms with Crippen LogP contribution in [0.2, 0.25) is 0 Å². The second kappa shape index (κ2) is 6.45. The van der Waals surface area contributed by atoms with Crippen molar-refractivity contribution in [2.75, 3.05) is 12.4 Å². The molecule has 18 heavy (non-hydrogen) atoms. The monoisotopic (exact) mass is 259 g/mol. The molecular weight excluding hydrogens is 242 g/mol. The van der Waals surface area contributed by atoms with Crippen LogP contribution in [0, 0.1) is 13.8 Å². The zero-order valence-corrected chi connectivity index (χ0v) is 11.5. The van der Waals surface area contributed by atoms with Crippen LogP contribution in [0.15, 0.2) is 47.6 Å². The second-order valence-electron chi connectivity index (χ2n) is 4.13. The van der Waals surface area contributed by atoms with Gasteiger partial charge in [-0.25, -0.2) is 4.98 Å². The lowest BCUT2D eigenvalue weighted by Gasteiger charge is -2.09. The molecule has 1 aromatic carbocycles. The van der Waals surface area contributed by atoms with Crippen molar-refractivity contribution in [3.63, 3.8) is 0 Å². The molecule has 94 valence electrons. The van der Waals surface area contributed by atoms with Crippen LogP contribution in [-0.4, -0.2) is 17.3 Å². The Balaban J connectivity index is 1.80. The fraction of sp³-hybridized carbons (Fsp3) is 0.267. The number of benzene rings is 1. The van der Waals surface area contributed by atoms with Gasteiger partial charge in [0.15, 0.2) is 0 Å². The van der Waals surface area contributed by atoms with Crippen LogP contribution in [0.3, 0.4) is 0 Å². The lowest BCUT2D eigenvalue weighted by Crippen LogP contribution is -2.01. The molecule has 3 heteroatoms. The molecule has 1 aromatic heterocycles. The first kappa shape index (κ1) is 13.0. The minimum Gasteiger partial charge on any atom is -0.492 e. The van der Waals surface area contributed by atoms with Gasteiger partial charge in [0, 0.05) is 11.9 Å². The highest BCUT2D eigenvalue weighted by molar-refractivity contribution is 7.99. The number of hydrogen-bond acceptors (Lipinski definition) is 3. The van der Waals surface area contributed by atoms with Gasteiger partial charge >= 0.3 is 0 Å². The third-order valence-electron chi connectivity index (χ3n) is 2.57. The van der Waals surface area contributed by atoms with Gasteiger partial charge in [-0.05, 0) is 43.2 Å². The lowest BCUT2D eigenvalue weighted by molar-refractivity contribution is 0.341. The first-order valence-corrected chi connectivity index (χ1v) is 6.98. The highest BCUT2D eigenvalue weighted by Gasteiger charge is 2.00. The quantitative estimate of drug-likeness (QED) is 0.601. The number of ether oxygens (including phenoxy) is 1. The van der Waals surface area contributed by atoms with Crippen LogP contribution < -0.4 is 4.74 Å². The summed E-state index contributed by atoms with van der Waals surface area (Å²) >= 11 is 1.71. The lowest BCUT2D eigenvalue weighted by atomic mass is 10.1. The van der Waals surface area contributed by atoms with Crippen molar-refractivity contribution in [2.45, 2.75) is 18.9 Å². The third-order valence-corrected chi connectivity index (χ3v) is 3.48. The Morgan fingerprint density at radius 3 is 2.83 bits per heavy atom. The molecule has 0 saturated heterocycles. The molecule has 0 amide bonds. The van der Waals surface area contributed by atoms with Crippen molar-refractivity contribution in [1.82, 2.24) is 4.98 Å². The number of aryl methyl sites for hydroxylation is 2. The maximum Gasteiger partial charge on any atom is 0.122 e. The summed E-state index contributed by atoms with van der Waals surface area (Å²) in [5.41, 5.74) is 2.41. The zero-order valence-electron chi connectivity index (χ0n) is 10.7. The standard InChI is InChI=1S/C15H17NOS/c1-12-6-7-13(2)14(11-12)17-9-10-18-15-5-3-4-8-16-15/h3-8,11H,9-10H2,1-2H3. The van der Waals surface area contributed by atoms with Crippen molar-refractivity contribution in [3.8, 4) is 5.75 Å². The van der Waals surface area contributed by atoms with Crippen LogP contribution in [0.5, 0.6) is 5.75 Å². The molecule has 0 unspecified atom stereocenters. The van der Waals surface area contributed by atoms with E-state index in [2.05, 4.69) is 37.0 Å². The highest BCUT2D eigenvalue weighted by Crippen LogP contribution is 2.20. The van der Waals surface area contributed by atoms with Crippen molar-refractivity contribution in [3.05, 3.63) is 53.7 Å². The van der Waals surface area contributed by atoms with Crippen molar-refractivity contribution in [1.29, 1.82) is 0 Å². The topological polar surface area (TPSA) is 22.1 Å². The zero-order chi connectivity index (χ0) is 12.8.